The summed E-state index contributed by atoms with van der Waals surface area (Å²) in [5.41, 5.74) is 3.53. The zero-order valence-corrected chi connectivity index (χ0v) is 20.5. The van der Waals surface area contributed by atoms with Gasteiger partial charge in [0.15, 0.2) is 5.65 Å². The fraction of sp³-hybridized carbons (Fsp3) is 0.0714. The first-order chi connectivity index (χ1) is 17.8. The Kier molecular flexibility index (Phi) is 7.50. The van der Waals surface area contributed by atoms with Gasteiger partial charge in [-0.05, 0) is 41.8 Å². The molecule has 0 bridgehead atoms. The summed E-state index contributed by atoms with van der Waals surface area (Å²) in [5.74, 6) is -1.91. The first-order valence-electron chi connectivity index (χ1n) is 11.2. The normalized spacial score (nSPS) is 11.7. The fourth-order valence-corrected chi connectivity index (χ4v) is 3.83. The molecule has 9 heteroatoms. The number of aliphatic carboxylic acids is 1. The minimum absolute atomic E-state index is 0.113. The van der Waals surface area contributed by atoms with E-state index in [1.807, 2.05) is 37.3 Å². The third-order valence-electron chi connectivity index (χ3n) is 5.36. The van der Waals surface area contributed by atoms with Crippen molar-refractivity contribution in [3.05, 3.63) is 101 Å². The van der Waals surface area contributed by atoms with Gasteiger partial charge in [-0.2, -0.15) is 4.98 Å². The number of H-pyrrole nitrogens is 1. The number of aromatic nitrogens is 3. The summed E-state index contributed by atoms with van der Waals surface area (Å²) in [6.45, 7) is 5.44. The molecule has 0 amide bonds. The van der Waals surface area contributed by atoms with Gasteiger partial charge in [-0.15, -0.1) is 0 Å². The van der Waals surface area contributed by atoms with Gasteiger partial charge in [-0.3, -0.25) is 0 Å². The molecule has 0 saturated carbocycles. The van der Waals surface area contributed by atoms with Gasteiger partial charge in [0, 0.05) is 5.56 Å². The molecule has 2 aromatic heterocycles. The molecule has 0 atom stereocenters. The molecule has 0 unspecified atom stereocenters. The minimum atomic E-state index is -1.16. The van der Waals surface area contributed by atoms with Crippen molar-refractivity contribution in [3.63, 3.8) is 0 Å². The van der Waals surface area contributed by atoms with Gasteiger partial charge >= 0.3 is 17.9 Å². The summed E-state index contributed by atoms with van der Waals surface area (Å²) in [6.07, 6.45) is 5.48. The second-order valence-electron chi connectivity index (χ2n) is 7.95. The van der Waals surface area contributed by atoms with E-state index in [0.29, 0.717) is 27.4 Å². The highest BCUT2D eigenvalue weighted by Gasteiger charge is 2.15. The van der Waals surface area contributed by atoms with E-state index >= 15 is 0 Å². The van der Waals surface area contributed by atoms with Crippen molar-refractivity contribution < 1.29 is 24.5 Å². The third kappa shape index (κ3) is 5.76. The average Bonchev–Trinajstić information content (AvgIpc) is 3.27. The number of pyridine rings is 1. The molecule has 37 heavy (non-hydrogen) atoms. The number of nitrogens with one attached hydrogen (secondary N) is 1. The van der Waals surface area contributed by atoms with Crippen molar-refractivity contribution in [1.29, 1.82) is 0 Å². The van der Waals surface area contributed by atoms with Crippen LogP contribution >= 0.6 is 11.6 Å². The number of hydrogen-bond acceptors (Lipinski definition) is 5. The van der Waals surface area contributed by atoms with Crippen LogP contribution in [0, 0.1) is 0 Å². The maximum atomic E-state index is 11.6. The molecule has 0 radical (unpaired) electrons. The van der Waals surface area contributed by atoms with Crippen LogP contribution in [-0.4, -0.2) is 37.1 Å². The predicted molar refractivity (Wildman–Crippen MR) is 142 cm³/mol. The molecule has 0 saturated heterocycles. The van der Waals surface area contributed by atoms with Crippen LogP contribution in [0.3, 0.4) is 0 Å². The average molecular weight is 516 g/mol. The summed E-state index contributed by atoms with van der Waals surface area (Å²) >= 11 is 6.52. The zero-order valence-electron chi connectivity index (χ0n) is 19.7. The van der Waals surface area contributed by atoms with E-state index in [9.17, 15) is 14.7 Å². The number of benzene rings is 2. The molecule has 2 aromatic carbocycles. The molecule has 4 aromatic rings. The van der Waals surface area contributed by atoms with Crippen molar-refractivity contribution in [2.75, 3.05) is 0 Å². The molecule has 4 rings (SSSR count). The number of aromatic carboxylic acids is 1. The molecule has 0 spiro atoms. The molecule has 8 nitrogen and oxygen atoms in total. The van der Waals surface area contributed by atoms with Crippen molar-refractivity contribution in [3.8, 4) is 28.4 Å². The number of imidazole rings is 1. The Bertz CT molecular complexity index is 1570. The van der Waals surface area contributed by atoms with Crippen LogP contribution in [-0.2, 0) is 4.79 Å². The van der Waals surface area contributed by atoms with Crippen LogP contribution in [0.4, 0.5) is 0 Å². The molecular formula is C28H22ClN3O5. The van der Waals surface area contributed by atoms with Crippen LogP contribution in [0.2, 0.25) is 5.02 Å². The van der Waals surface area contributed by atoms with Crippen molar-refractivity contribution in [1.82, 2.24) is 15.0 Å². The van der Waals surface area contributed by atoms with Gasteiger partial charge in [0.25, 0.3) is 0 Å². The summed E-state index contributed by atoms with van der Waals surface area (Å²) in [4.78, 5) is 34.7. The lowest BCUT2D eigenvalue weighted by Crippen LogP contribution is -2.00. The SMILES string of the molecule is C=C(/C=C(\C=C/CC)Oc1nc2nc(-c3ccc(-c4ccccc4C(=O)O)cc3)c(Cl)cc2[nH]1)C(=O)O. The lowest BCUT2D eigenvalue weighted by atomic mass is 9.98. The van der Waals surface area contributed by atoms with Crippen molar-refractivity contribution in [2.24, 2.45) is 0 Å². The zero-order chi connectivity index (χ0) is 26.5. The Morgan fingerprint density at radius 1 is 1.08 bits per heavy atom. The highest BCUT2D eigenvalue weighted by molar-refractivity contribution is 6.33. The number of carboxylic acid groups (broad SMARTS) is 2. The van der Waals surface area contributed by atoms with E-state index in [-0.39, 0.29) is 22.9 Å². The molecule has 2 heterocycles. The molecule has 186 valence electrons. The number of carbonyl (C=O) groups is 2. The number of aromatic amines is 1. The quantitative estimate of drug-likeness (QED) is 0.132. The minimum Gasteiger partial charge on any atom is -0.478 e. The molecule has 0 aliphatic carbocycles. The maximum Gasteiger partial charge on any atom is 0.336 e. The van der Waals surface area contributed by atoms with E-state index < -0.39 is 11.9 Å². The molecule has 0 aliphatic heterocycles. The molecule has 0 fully saturated rings. The number of rotatable bonds is 9. The third-order valence-corrected chi connectivity index (χ3v) is 5.64. The smallest absolute Gasteiger partial charge is 0.336 e. The van der Waals surface area contributed by atoms with Crippen LogP contribution in [0.1, 0.15) is 23.7 Å². The highest BCUT2D eigenvalue weighted by atomic mass is 35.5. The number of hydrogen-bond donors (Lipinski definition) is 3. The second-order valence-corrected chi connectivity index (χ2v) is 8.36. The molecule has 0 aliphatic rings. The van der Waals surface area contributed by atoms with E-state index in [2.05, 4.69) is 21.5 Å². The first-order valence-corrected chi connectivity index (χ1v) is 11.6. The van der Waals surface area contributed by atoms with Gasteiger partial charge < -0.3 is 19.9 Å². The number of carboxylic acids is 2. The maximum absolute atomic E-state index is 11.6. The van der Waals surface area contributed by atoms with E-state index in [4.69, 9.17) is 21.4 Å². The highest BCUT2D eigenvalue weighted by Crippen LogP contribution is 2.32. The number of ether oxygens (including phenoxy) is 1. The number of allylic oxidation sites excluding steroid dienone is 2. The number of halogens is 1. The Labute approximate surface area is 217 Å². The Morgan fingerprint density at radius 3 is 2.46 bits per heavy atom. The number of fused-ring (bicyclic) bond motifs is 1. The van der Waals surface area contributed by atoms with Crippen LogP contribution in [0.25, 0.3) is 33.5 Å². The monoisotopic (exact) mass is 515 g/mol. The van der Waals surface area contributed by atoms with Crippen molar-refractivity contribution in [2.45, 2.75) is 13.3 Å². The van der Waals surface area contributed by atoms with Crippen LogP contribution in [0.5, 0.6) is 6.01 Å². The van der Waals surface area contributed by atoms with E-state index in [0.717, 1.165) is 17.5 Å². The Balaban J connectivity index is 1.65. The van der Waals surface area contributed by atoms with Gasteiger partial charge in [-0.25, -0.2) is 14.6 Å². The Hall–Kier alpha value is -4.69. The van der Waals surface area contributed by atoms with Crippen LogP contribution < -0.4 is 4.74 Å². The van der Waals surface area contributed by atoms with Gasteiger partial charge in [-0.1, -0.05) is 73.6 Å². The largest absolute Gasteiger partial charge is 0.478 e. The van der Waals surface area contributed by atoms with Gasteiger partial charge in [0.1, 0.15) is 5.76 Å². The van der Waals surface area contributed by atoms with Crippen LogP contribution in [0.15, 0.2) is 90.7 Å². The lowest BCUT2D eigenvalue weighted by Gasteiger charge is -2.08. The standard InChI is InChI=1S/C28H22ClN3O5/c1-3-4-7-19(14-16(2)26(33)34)37-28-30-23-15-22(29)24(31-25(23)32-28)18-12-10-17(11-13-18)20-8-5-6-9-21(20)27(35)36/h4-15H,2-3H2,1H3,(H,33,34)(H,35,36)(H,30,31,32)/b7-4-,19-14+. The van der Waals surface area contributed by atoms with Gasteiger partial charge in [0.05, 0.1) is 27.4 Å². The van der Waals surface area contributed by atoms with E-state index in [1.165, 1.54) is 6.08 Å². The Morgan fingerprint density at radius 2 is 1.78 bits per heavy atom. The second kappa shape index (κ2) is 10.9. The first kappa shape index (κ1) is 25.4. The summed E-state index contributed by atoms with van der Waals surface area (Å²) < 4.78 is 5.76. The lowest BCUT2D eigenvalue weighted by molar-refractivity contribution is -0.132. The van der Waals surface area contributed by atoms with Gasteiger partial charge in [0.2, 0.25) is 0 Å². The topological polar surface area (TPSA) is 125 Å². The fourth-order valence-electron chi connectivity index (χ4n) is 3.57. The van der Waals surface area contributed by atoms with Crippen molar-refractivity contribution >= 4 is 34.7 Å². The molecule has 3 N–H and O–H groups in total. The number of nitrogens with zero attached hydrogens (tertiary/aromatic N) is 2. The van der Waals surface area contributed by atoms with E-state index in [1.54, 1.807) is 36.4 Å². The predicted octanol–water partition coefficient (Wildman–Crippen LogP) is 6.51. The summed E-state index contributed by atoms with van der Waals surface area (Å²) in [6, 6.07) is 15.8. The summed E-state index contributed by atoms with van der Waals surface area (Å²) in [7, 11) is 0. The summed E-state index contributed by atoms with van der Waals surface area (Å²) in [5, 5.41) is 19.0. The molecular weight excluding hydrogens is 494 g/mol.